The zero-order chi connectivity index (χ0) is 20.3. The molecule has 3 aromatic rings. The molecule has 1 saturated heterocycles. The van der Waals surface area contributed by atoms with Gasteiger partial charge in [0.1, 0.15) is 12.2 Å². The Kier molecular flexibility index (Phi) is 5.29. The number of aryl methyl sites for hydroxylation is 2. The van der Waals surface area contributed by atoms with Crippen molar-refractivity contribution in [1.29, 1.82) is 0 Å². The fraction of sp³-hybridized carbons (Fsp3) is 0.500. The Hall–Kier alpha value is -3.03. The molecule has 8 heteroatoms. The Morgan fingerprint density at radius 3 is 3.03 bits per heavy atom. The Labute approximate surface area is 175 Å². The number of amides is 1. The molecule has 0 aliphatic carbocycles. The van der Waals surface area contributed by atoms with Crippen molar-refractivity contribution in [3.8, 4) is 0 Å². The first-order chi connectivity index (χ1) is 14.8. The van der Waals surface area contributed by atoms with Crippen LogP contribution in [0.1, 0.15) is 43.5 Å². The van der Waals surface area contributed by atoms with Crippen molar-refractivity contribution in [3.63, 3.8) is 0 Å². The topological polar surface area (TPSA) is 88.8 Å². The van der Waals surface area contributed by atoms with E-state index in [0.717, 1.165) is 60.7 Å². The average molecular weight is 406 g/mol. The van der Waals surface area contributed by atoms with Crippen LogP contribution in [0.5, 0.6) is 0 Å². The third-order valence-corrected chi connectivity index (χ3v) is 6.16. The second-order valence-corrected chi connectivity index (χ2v) is 8.22. The lowest BCUT2D eigenvalue weighted by Gasteiger charge is -2.32. The quantitative estimate of drug-likeness (QED) is 0.717. The van der Waals surface area contributed by atoms with E-state index in [0.29, 0.717) is 13.1 Å². The lowest BCUT2D eigenvalue weighted by atomic mass is 9.97. The number of pyridine rings is 1. The SMILES string of the molecule is O=C(NCc1cccnc1)C1CCCN(c2ncnc3c2nc2n3CCCCC2)C1. The van der Waals surface area contributed by atoms with Gasteiger partial charge in [-0.25, -0.2) is 15.0 Å². The van der Waals surface area contributed by atoms with Crippen LogP contribution < -0.4 is 10.2 Å². The number of piperidine rings is 1. The van der Waals surface area contributed by atoms with Crippen molar-refractivity contribution >= 4 is 22.9 Å². The van der Waals surface area contributed by atoms with E-state index in [4.69, 9.17) is 4.98 Å². The van der Waals surface area contributed by atoms with E-state index >= 15 is 0 Å². The molecule has 3 aromatic heterocycles. The maximum Gasteiger partial charge on any atom is 0.225 e. The first-order valence-corrected chi connectivity index (χ1v) is 10.9. The minimum Gasteiger partial charge on any atom is -0.354 e. The van der Waals surface area contributed by atoms with Gasteiger partial charge in [-0.15, -0.1) is 0 Å². The fourth-order valence-electron chi connectivity index (χ4n) is 4.58. The first-order valence-electron chi connectivity index (χ1n) is 10.9. The Morgan fingerprint density at radius 1 is 1.17 bits per heavy atom. The van der Waals surface area contributed by atoms with E-state index in [9.17, 15) is 4.79 Å². The predicted molar refractivity (Wildman–Crippen MR) is 114 cm³/mol. The molecular formula is C22H27N7O. The summed E-state index contributed by atoms with van der Waals surface area (Å²) in [5.74, 6) is 2.02. The number of nitrogens with zero attached hydrogens (tertiary/aromatic N) is 6. The molecule has 0 aromatic carbocycles. The van der Waals surface area contributed by atoms with Gasteiger partial charge in [0.2, 0.25) is 5.91 Å². The minimum absolute atomic E-state index is 0.0547. The predicted octanol–water partition coefficient (Wildman–Crippen LogP) is 2.48. The number of anilines is 1. The van der Waals surface area contributed by atoms with E-state index in [1.807, 2.05) is 12.1 Å². The summed E-state index contributed by atoms with van der Waals surface area (Å²) in [6.07, 6.45) is 11.6. The van der Waals surface area contributed by atoms with Crippen LogP contribution in [0.3, 0.4) is 0 Å². The molecule has 5 heterocycles. The third kappa shape index (κ3) is 3.74. The summed E-state index contributed by atoms with van der Waals surface area (Å²) in [5, 5.41) is 3.07. The summed E-state index contributed by atoms with van der Waals surface area (Å²) in [6.45, 7) is 3.03. The van der Waals surface area contributed by atoms with Gasteiger partial charge in [-0.05, 0) is 37.3 Å². The molecule has 0 saturated carbocycles. The zero-order valence-corrected chi connectivity index (χ0v) is 17.1. The molecule has 0 spiro atoms. The molecule has 1 atom stereocenters. The maximum absolute atomic E-state index is 12.8. The zero-order valence-electron chi connectivity index (χ0n) is 17.1. The lowest BCUT2D eigenvalue weighted by molar-refractivity contribution is -0.125. The summed E-state index contributed by atoms with van der Waals surface area (Å²) in [4.78, 5) is 33.2. The van der Waals surface area contributed by atoms with Gasteiger partial charge in [0.05, 0.1) is 5.92 Å². The molecule has 8 nitrogen and oxygen atoms in total. The van der Waals surface area contributed by atoms with E-state index < -0.39 is 0 Å². The molecule has 1 amide bonds. The summed E-state index contributed by atoms with van der Waals surface area (Å²) in [6, 6.07) is 3.86. The minimum atomic E-state index is -0.0547. The van der Waals surface area contributed by atoms with Gasteiger partial charge in [-0.1, -0.05) is 12.5 Å². The van der Waals surface area contributed by atoms with Gasteiger partial charge in [-0.2, -0.15) is 0 Å². The van der Waals surface area contributed by atoms with Crippen molar-refractivity contribution in [2.45, 2.75) is 51.6 Å². The van der Waals surface area contributed by atoms with E-state index in [1.165, 1.54) is 19.3 Å². The molecule has 2 aliphatic heterocycles. The number of hydrogen-bond acceptors (Lipinski definition) is 6. The molecule has 1 unspecified atom stereocenters. The number of aromatic nitrogens is 5. The van der Waals surface area contributed by atoms with Gasteiger partial charge in [0.15, 0.2) is 17.0 Å². The number of imidazole rings is 1. The number of fused-ring (bicyclic) bond motifs is 3. The highest BCUT2D eigenvalue weighted by Crippen LogP contribution is 2.29. The third-order valence-electron chi connectivity index (χ3n) is 6.16. The first kappa shape index (κ1) is 19.0. The standard InChI is InChI=1S/C22H27N7O/c30-22(24-13-16-6-4-9-23-12-16)17-7-5-10-28(14-17)20-19-21(26-15-25-20)29-11-3-1-2-8-18(29)27-19/h4,6,9,12,15,17H,1-3,5,7-8,10-11,13-14H2,(H,24,30). The van der Waals surface area contributed by atoms with E-state index in [2.05, 4.69) is 29.7 Å². The number of hydrogen-bond donors (Lipinski definition) is 1. The molecule has 1 fully saturated rings. The monoisotopic (exact) mass is 405 g/mol. The van der Waals surface area contributed by atoms with Gasteiger partial charge in [0.25, 0.3) is 0 Å². The van der Waals surface area contributed by atoms with E-state index in [1.54, 1.807) is 18.7 Å². The van der Waals surface area contributed by atoms with Crippen LogP contribution in [0.15, 0.2) is 30.9 Å². The van der Waals surface area contributed by atoms with Gasteiger partial charge < -0.3 is 14.8 Å². The fourth-order valence-corrected chi connectivity index (χ4v) is 4.58. The summed E-state index contributed by atoms with van der Waals surface area (Å²) >= 11 is 0. The Morgan fingerprint density at radius 2 is 2.13 bits per heavy atom. The Balaban J connectivity index is 1.33. The molecular weight excluding hydrogens is 378 g/mol. The summed E-state index contributed by atoms with van der Waals surface area (Å²) < 4.78 is 2.26. The number of rotatable bonds is 4. The molecule has 30 heavy (non-hydrogen) atoms. The van der Waals surface area contributed by atoms with Crippen LogP contribution in [0.4, 0.5) is 5.82 Å². The molecule has 2 aliphatic rings. The van der Waals surface area contributed by atoms with Crippen molar-refractivity contribution < 1.29 is 4.79 Å². The van der Waals surface area contributed by atoms with Crippen molar-refractivity contribution in [1.82, 2.24) is 29.8 Å². The lowest BCUT2D eigenvalue weighted by Crippen LogP contribution is -2.43. The molecule has 5 rings (SSSR count). The van der Waals surface area contributed by atoms with Crippen molar-refractivity contribution in [2.75, 3.05) is 18.0 Å². The van der Waals surface area contributed by atoms with Gasteiger partial charge in [0, 0.05) is 45.0 Å². The second-order valence-electron chi connectivity index (χ2n) is 8.22. The van der Waals surface area contributed by atoms with Crippen molar-refractivity contribution in [3.05, 3.63) is 42.2 Å². The number of nitrogens with one attached hydrogen (secondary N) is 1. The number of carbonyl (C=O) groups is 1. The van der Waals surface area contributed by atoms with Crippen LogP contribution in [-0.2, 0) is 24.3 Å². The summed E-state index contributed by atoms with van der Waals surface area (Å²) in [5.41, 5.74) is 2.82. The number of carbonyl (C=O) groups excluding carboxylic acids is 1. The highest BCUT2D eigenvalue weighted by Gasteiger charge is 2.29. The van der Waals surface area contributed by atoms with Crippen LogP contribution >= 0.6 is 0 Å². The summed E-state index contributed by atoms with van der Waals surface area (Å²) in [7, 11) is 0. The van der Waals surface area contributed by atoms with Crippen LogP contribution in [0.25, 0.3) is 11.2 Å². The van der Waals surface area contributed by atoms with Crippen molar-refractivity contribution in [2.24, 2.45) is 5.92 Å². The van der Waals surface area contributed by atoms with Crippen LogP contribution in [0.2, 0.25) is 0 Å². The molecule has 156 valence electrons. The molecule has 0 bridgehead atoms. The second kappa shape index (κ2) is 8.38. The highest BCUT2D eigenvalue weighted by molar-refractivity contribution is 5.85. The van der Waals surface area contributed by atoms with Gasteiger partial charge in [-0.3, -0.25) is 9.78 Å². The smallest absolute Gasteiger partial charge is 0.225 e. The van der Waals surface area contributed by atoms with Crippen LogP contribution in [0, 0.1) is 5.92 Å². The largest absolute Gasteiger partial charge is 0.354 e. The Bertz CT molecular complexity index is 1030. The van der Waals surface area contributed by atoms with Gasteiger partial charge >= 0.3 is 0 Å². The maximum atomic E-state index is 12.8. The van der Waals surface area contributed by atoms with Crippen LogP contribution in [-0.4, -0.2) is 43.5 Å². The highest BCUT2D eigenvalue weighted by atomic mass is 16.1. The normalized spacial score (nSPS) is 19.3. The molecule has 1 N–H and O–H groups in total. The molecule has 0 radical (unpaired) electrons. The average Bonchev–Trinajstić information content (AvgIpc) is 2.99. The van der Waals surface area contributed by atoms with E-state index in [-0.39, 0.29) is 11.8 Å².